The quantitative estimate of drug-likeness (QED) is 0.130. The minimum absolute atomic E-state index is 0.106. The molecule has 2 aliphatic rings. The van der Waals surface area contributed by atoms with Crippen LogP contribution >= 0.6 is 0 Å². The van der Waals surface area contributed by atoms with E-state index in [1.807, 2.05) is 38.1 Å². The summed E-state index contributed by atoms with van der Waals surface area (Å²) < 4.78 is 32.8. The van der Waals surface area contributed by atoms with Gasteiger partial charge in [0, 0.05) is 45.6 Å². The van der Waals surface area contributed by atoms with Crippen LogP contribution in [-0.4, -0.2) is 112 Å². The number of ether oxygens (including phenoxy) is 6. The molecule has 4 rings (SSSR count). The van der Waals surface area contributed by atoms with Crippen molar-refractivity contribution in [3.63, 3.8) is 0 Å². The van der Waals surface area contributed by atoms with Crippen molar-refractivity contribution >= 4 is 18.0 Å². The Morgan fingerprint density at radius 2 is 1.57 bits per heavy atom. The number of nitrogens with one attached hydrogen (secondary N) is 2. The number of urea groups is 1. The second-order valence-corrected chi connectivity index (χ2v) is 11.9. The van der Waals surface area contributed by atoms with E-state index in [1.54, 1.807) is 29.2 Å². The second kappa shape index (κ2) is 18.6. The van der Waals surface area contributed by atoms with Gasteiger partial charge >= 0.3 is 18.0 Å². The van der Waals surface area contributed by atoms with E-state index in [9.17, 15) is 19.5 Å². The molecule has 0 bridgehead atoms. The first-order valence-corrected chi connectivity index (χ1v) is 16.1. The van der Waals surface area contributed by atoms with Crippen molar-refractivity contribution in [3.8, 4) is 11.5 Å². The van der Waals surface area contributed by atoms with Crippen LogP contribution in [0.5, 0.6) is 11.5 Å². The standard InChI is InChI=1S/C34H47N3O10/c1-34(2)45-24-30(47-34)23-44-31(39)13-7-26-5-11-29(12-6-26)46-32(40)14-8-25-3-9-28(10-4-25)43-22-27(38)21-35-15-16-36-33(41)37-17-19-42-20-18-37/h3-6,9-12,27,30,35,38H,7-8,13-24H2,1-2H3,(H,36,41)/t27-,30+/m0/s1. The molecule has 258 valence electrons. The Morgan fingerprint density at radius 3 is 2.21 bits per heavy atom. The third-order valence-corrected chi connectivity index (χ3v) is 7.51. The lowest BCUT2D eigenvalue weighted by molar-refractivity contribution is -0.158. The zero-order valence-electron chi connectivity index (χ0n) is 27.2. The van der Waals surface area contributed by atoms with E-state index in [1.165, 1.54) is 0 Å². The zero-order chi connectivity index (χ0) is 33.5. The zero-order valence-corrected chi connectivity index (χ0v) is 27.2. The van der Waals surface area contributed by atoms with Crippen LogP contribution in [0.1, 0.15) is 37.8 Å². The maximum absolute atomic E-state index is 12.4. The summed E-state index contributed by atoms with van der Waals surface area (Å²) in [6.45, 7) is 7.95. The molecule has 0 radical (unpaired) electrons. The smallest absolute Gasteiger partial charge is 0.317 e. The number of esters is 2. The number of benzene rings is 2. The van der Waals surface area contributed by atoms with Crippen LogP contribution in [0.3, 0.4) is 0 Å². The van der Waals surface area contributed by atoms with Gasteiger partial charge in [0.25, 0.3) is 0 Å². The van der Waals surface area contributed by atoms with Crippen LogP contribution in [0.15, 0.2) is 48.5 Å². The molecule has 2 atom stereocenters. The third kappa shape index (κ3) is 13.5. The number of morpholine rings is 1. The molecule has 2 amide bonds. The number of hydrogen-bond donors (Lipinski definition) is 3. The summed E-state index contributed by atoms with van der Waals surface area (Å²) in [5.41, 5.74) is 1.88. The molecule has 0 aromatic heterocycles. The van der Waals surface area contributed by atoms with Gasteiger partial charge in [-0.2, -0.15) is 0 Å². The molecule has 3 N–H and O–H groups in total. The molecular weight excluding hydrogens is 610 g/mol. The number of carbonyl (C=O) groups excluding carboxylic acids is 3. The Balaban J connectivity index is 1.03. The molecule has 2 saturated heterocycles. The molecule has 0 saturated carbocycles. The molecule has 0 unspecified atom stereocenters. The van der Waals surface area contributed by atoms with Crippen LogP contribution in [0.4, 0.5) is 4.79 Å². The van der Waals surface area contributed by atoms with Gasteiger partial charge in [-0.1, -0.05) is 24.3 Å². The summed E-state index contributed by atoms with van der Waals surface area (Å²) >= 11 is 0. The maximum atomic E-state index is 12.4. The average molecular weight is 658 g/mol. The van der Waals surface area contributed by atoms with Gasteiger partial charge in [-0.15, -0.1) is 0 Å². The summed E-state index contributed by atoms with van der Waals surface area (Å²) in [6, 6.07) is 14.3. The van der Waals surface area contributed by atoms with Gasteiger partial charge in [-0.25, -0.2) is 4.79 Å². The Bertz CT molecular complexity index is 1270. The van der Waals surface area contributed by atoms with Crippen LogP contribution in [0.25, 0.3) is 0 Å². The highest BCUT2D eigenvalue weighted by molar-refractivity contribution is 5.74. The van der Waals surface area contributed by atoms with Gasteiger partial charge in [0.15, 0.2) is 5.79 Å². The second-order valence-electron chi connectivity index (χ2n) is 11.9. The first kappa shape index (κ1) is 36.1. The van der Waals surface area contributed by atoms with Crippen molar-refractivity contribution in [2.24, 2.45) is 0 Å². The Hall–Kier alpha value is -3.75. The Morgan fingerprint density at radius 1 is 0.936 bits per heavy atom. The number of hydrogen-bond acceptors (Lipinski definition) is 11. The van der Waals surface area contributed by atoms with E-state index in [4.69, 9.17) is 28.4 Å². The fourth-order valence-electron chi connectivity index (χ4n) is 4.91. The predicted octanol–water partition coefficient (Wildman–Crippen LogP) is 2.22. The number of carbonyl (C=O) groups is 3. The van der Waals surface area contributed by atoms with Gasteiger partial charge < -0.3 is 49.1 Å². The van der Waals surface area contributed by atoms with E-state index < -0.39 is 11.9 Å². The highest BCUT2D eigenvalue weighted by atomic mass is 16.7. The predicted molar refractivity (Wildman–Crippen MR) is 171 cm³/mol. The molecule has 13 heteroatoms. The number of nitrogens with zero attached hydrogens (tertiary/aromatic N) is 1. The average Bonchev–Trinajstić information content (AvgIpc) is 3.43. The van der Waals surface area contributed by atoms with Crippen LogP contribution < -0.4 is 20.1 Å². The lowest BCUT2D eigenvalue weighted by Crippen LogP contribution is -2.47. The highest BCUT2D eigenvalue weighted by Gasteiger charge is 2.33. The Labute approximate surface area is 275 Å². The lowest BCUT2D eigenvalue weighted by atomic mass is 10.1. The molecule has 2 aromatic carbocycles. The van der Waals surface area contributed by atoms with E-state index in [-0.39, 0.29) is 50.1 Å². The minimum Gasteiger partial charge on any atom is -0.491 e. The fourth-order valence-corrected chi connectivity index (χ4v) is 4.91. The van der Waals surface area contributed by atoms with Gasteiger partial charge in [0.05, 0.1) is 19.8 Å². The lowest BCUT2D eigenvalue weighted by Gasteiger charge is -2.27. The summed E-state index contributed by atoms with van der Waals surface area (Å²) in [6.07, 6.45) is 0.483. The van der Waals surface area contributed by atoms with Crippen molar-refractivity contribution in [3.05, 3.63) is 59.7 Å². The molecule has 2 fully saturated rings. The van der Waals surface area contributed by atoms with Crippen LogP contribution in [0, 0.1) is 0 Å². The van der Waals surface area contributed by atoms with Gasteiger partial charge in [-0.3, -0.25) is 9.59 Å². The summed E-state index contributed by atoms with van der Waals surface area (Å²) in [4.78, 5) is 38.3. The minimum atomic E-state index is -0.712. The van der Waals surface area contributed by atoms with E-state index in [0.717, 1.165) is 11.1 Å². The number of amides is 2. The van der Waals surface area contributed by atoms with Crippen molar-refractivity contribution in [1.29, 1.82) is 0 Å². The number of rotatable bonds is 17. The summed E-state index contributed by atoms with van der Waals surface area (Å²) in [7, 11) is 0. The number of aryl methyl sites for hydroxylation is 2. The monoisotopic (exact) mass is 657 g/mol. The molecule has 2 heterocycles. The highest BCUT2D eigenvalue weighted by Crippen LogP contribution is 2.22. The number of aliphatic hydroxyl groups excluding tert-OH is 1. The molecular formula is C34H47N3O10. The molecule has 0 aliphatic carbocycles. The SMILES string of the molecule is CC1(C)OC[C@@H](COC(=O)CCc2ccc(OC(=O)CCc3ccc(OC[C@@H](O)CNCCNC(=O)N4CCOCC4)cc3)cc2)O1. The largest absolute Gasteiger partial charge is 0.491 e. The van der Waals surface area contributed by atoms with Gasteiger partial charge in [0.2, 0.25) is 0 Å². The molecule has 2 aliphatic heterocycles. The van der Waals surface area contributed by atoms with Crippen LogP contribution in [0.2, 0.25) is 0 Å². The summed E-state index contributed by atoms with van der Waals surface area (Å²) in [5, 5.41) is 16.2. The van der Waals surface area contributed by atoms with Crippen molar-refractivity contribution in [1.82, 2.24) is 15.5 Å². The third-order valence-electron chi connectivity index (χ3n) is 7.51. The molecule has 13 nitrogen and oxygen atoms in total. The topological polar surface area (TPSA) is 154 Å². The van der Waals surface area contributed by atoms with Crippen molar-refractivity contribution in [2.45, 2.75) is 57.5 Å². The van der Waals surface area contributed by atoms with Crippen molar-refractivity contribution < 1.29 is 47.9 Å². The normalized spacial score (nSPS) is 17.9. The summed E-state index contributed by atoms with van der Waals surface area (Å²) in [5.74, 6) is -0.250. The Kier molecular flexibility index (Phi) is 14.2. The molecule has 47 heavy (non-hydrogen) atoms. The number of aliphatic hydroxyl groups is 1. The first-order valence-electron chi connectivity index (χ1n) is 16.1. The molecule has 2 aromatic rings. The van der Waals surface area contributed by atoms with E-state index in [2.05, 4.69) is 10.6 Å². The van der Waals surface area contributed by atoms with E-state index >= 15 is 0 Å². The van der Waals surface area contributed by atoms with Gasteiger partial charge in [0.1, 0.15) is 36.9 Å². The van der Waals surface area contributed by atoms with Crippen molar-refractivity contribution in [2.75, 3.05) is 65.8 Å². The van der Waals surface area contributed by atoms with E-state index in [0.29, 0.717) is 76.9 Å². The van der Waals surface area contributed by atoms with Crippen LogP contribution in [-0.2, 0) is 41.4 Å². The fraction of sp³-hybridized carbons (Fsp3) is 0.559. The van der Waals surface area contributed by atoms with Gasteiger partial charge in [-0.05, 0) is 62.1 Å². The first-order chi connectivity index (χ1) is 22.6. The molecule has 0 spiro atoms. The maximum Gasteiger partial charge on any atom is 0.317 e.